The molecule has 2 aromatic carbocycles. The zero-order valence-electron chi connectivity index (χ0n) is 14.1. The number of fused-ring (bicyclic) bond motifs is 1. The van der Waals surface area contributed by atoms with Crippen molar-refractivity contribution in [1.29, 1.82) is 0 Å². The summed E-state index contributed by atoms with van der Waals surface area (Å²) in [6.07, 6.45) is 1.52. The van der Waals surface area contributed by atoms with Crippen LogP contribution < -0.4 is 5.32 Å². The van der Waals surface area contributed by atoms with Crippen LogP contribution in [0.15, 0.2) is 42.5 Å². The van der Waals surface area contributed by atoms with E-state index in [1.165, 1.54) is 12.1 Å². The van der Waals surface area contributed by atoms with Gasteiger partial charge in [-0.25, -0.2) is 4.39 Å². The monoisotopic (exact) mass is 355 g/mol. The first-order valence-electron chi connectivity index (χ1n) is 8.37. The number of nitrogens with one attached hydrogen (secondary N) is 1. The number of ether oxygens (including phenoxy) is 1. The summed E-state index contributed by atoms with van der Waals surface area (Å²) in [6, 6.07) is 10.9. The number of rotatable bonds is 6. The molecule has 1 aliphatic heterocycles. The van der Waals surface area contributed by atoms with Gasteiger partial charge in [-0.2, -0.15) is 0 Å². The third-order valence-corrected chi connectivity index (χ3v) is 4.22. The van der Waals surface area contributed by atoms with Crippen molar-refractivity contribution in [3.63, 3.8) is 0 Å². The van der Waals surface area contributed by atoms with E-state index < -0.39 is 5.97 Å². The second-order valence-electron chi connectivity index (χ2n) is 6.13. The lowest BCUT2D eigenvalue weighted by molar-refractivity contribution is -0.142. The minimum absolute atomic E-state index is 0.0355. The molecule has 0 bridgehead atoms. The molecular weight excluding hydrogens is 337 g/mol. The normalized spacial score (nSPS) is 12.9. The van der Waals surface area contributed by atoms with Gasteiger partial charge < -0.3 is 10.1 Å². The zero-order valence-corrected chi connectivity index (χ0v) is 14.1. The molecule has 5 nitrogen and oxygen atoms in total. The quantitative estimate of drug-likeness (QED) is 0.638. The Morgan fingerprint density at radius 2 is 1.85 bits per heavy atom. The molecule has 134 valence electrons. The molecule has 0 aromatic heterocycles. The zero-order chi connectivity index (χ0) is 18.5. The molecule has 0 fully saturated rings. The van der Waals surface area contributed by atoms with Crippen molar-refractivity contribution in [3.8, 4) is 0 Å². The van der Waals surface area contributed by atoms with Crippen LogP contribution in [0.25, 0.3) is 0 Å². The topological polar surface area (TPSA) is 72.5 Å². The number of hydrogen-bond donors (Lipinski definition) is 1. The maximum absolute atomic E-state index is 12.8. The maximum Gasteiger partial charge on any atom is 0.306 e. The Labute approximate surface area is 150 Å². The number of Topliss-reactive ketones (excluding diaryl/α,β-unsaturated/α-hetero) is 1. The summed E-state index contributed by atoms with van der Waals surface area (Å²) in [5, 5.41) is 2.75. The van der Waals surface area contributed by atoms with Gasteiger partial charge in [0.2, 0.25) is 5.91 Å². The van der Waals surface area contributed by atoms with Crippen LogP contribution in [0, 0.1) is 5.82 Å². The molecule has 0 unspecified atom stereocenters. The molecule has 0 radical (unpaired) electrons. The van der Waals surface area contributed by atoms with E-state index in [0.29, 0.717) is 30.5 Å². The van der Waals surface area contributed by atoms with Crippen molar-refractivity contribution in [2.45, 2.75) is 25.7 Å². The van der Waals surface area contributed by atoms with Crippen molar-refractivity contribution >= 4 is 23.3 Å². The highest BCUT2D eigenvalue weighted by Gasteiger charge is 2.17. The minimum Gasteiger partial charge on any atom is -0.457 e. The van der Waals surface area contributed by atoms with Crippen molar-refractivity contribution in [2.75, 3.05) is 11.9 Å². The highest BCUT2D eigenvalue weighted by molar-refractivity contribution is 6.00. The van der Waals surface area contributed by atoms with Crippen LogP contribution in [0.2, 0.25) is 0 Å². The summed E-state index contributed by atoms with van der Waals surface area (Å²) in [7, 11) is 0. The van der Waals surface area contributed by atoms with Gasteiger partial charge in [-0.3, -0.25) is 14.4 Å². The molecule has 0 aliphatic carbocycles. The fourth-order valence-corrected chi connectivity index (χ4v) is 2.76. The van der Waals surface area contributed by atoms with Crippen molar-refractivity contribution in [3.05, 3.63) is 65.0 Å². The summed E-state index contributed by atoms with van der Waals surface area (Å²) in [6.45, 7) is -0.326. The highest BCUT2D eigenvalue weighted by Crippen LogP contribution is 2.23. The number of halogens is 1. The predicted molar refractivity (Wildman–Crippen MR) is 93.4 cm³/mol. The molecule has 1 amide bonds. The number of anilines is 1. The molecule has 0 atom stereocenters. The van der Waals surface area contributed by atoms with Gasteiger partial charge in [-0.15, -0.1) is 0 Å². The molecule has 1 heterocycles. The number of hydrogen-bond acceptors (Lipinski definition) is 4. The average Bonchev–Trinajstić information content (AvgIpc) is 2.65. The first-order chi connectivity index (χ1) is 12.5. The summed E-state index contributed by atoms with van der Waals surface area (Å²) in [5.74, 6) is -1.13. The van der Waals surface area contributed by atoms with Crippen LogP contribution in [0.1, 0.15) is 34.3 Å². The van der Waals surface area contributed by atoms with Gasteiger partial charge in [-0.1, -0.05) is 12.1 Å². The number of amides is 1. The molecule has 26 heavy (non-hydrogen) atoms. The van der Waals surface area contributed by atoms with Crippen LogP contribution in [-0.4, -0.2) is 24.3 Å². The van der Waals surface area contributed by atoms with E-state index >= 15 is 0 Å². The van der Waals surface area contributed by atoms with Crippen LogP contribution >= 0.6 is 0 Å². The van der Waals surface area contributed by atoms with E-state index in [1.807, 2.05) is 0 Å². The van der Waals surface area contributed by atoms with Crippen molar-refractivity contribution in [1.82, 2.24) is 0 Å². The smallest absolute Gasteiger partial charge is 0.306 e. The lowest BCUT2D eigenvalue weighted by atomic mass is 9.99. The van der Waals surface area contributed by atoms with Gasteiger partial charge in [0.15, 0.2) is 12.4 Å². The number of ketones is 1. The lowest BCUT2D eigenvalue weighted by Crippen LogP contribution is -2.20. The average molecular weight is 355 g/mol. The first kappa shape index (κ1) is 17.8. The summed E-state index contributed by atoms with van der Waals surface area (Å²) in [4.78, 5) is 35.3. The lowest BCUT2D eigenvalue weighted by Gasteiger charge is -2.17. The van der Waals surface area contributed by atoms with E-state index in [4.69, 9.17) is 4.74 Å². The number of esters is 1. The van der Waals surface area contributed by atoms with Crippen molar-refractivity contribution in [2.24, 2.45) is 0 Å². The third-order valence-electron chi connectivity index (χ3n) is 4.22. The molecule has 6 heteroatoms. The van der Waals surface area contributed by atoms with Gasteiger partial charge in [-0.05, 0) is 54.3 Å². The fourth-order valence-electron chi connectivity index (χ4n) is 2.76. The number of benzene rings is 2. The number of carbonyl (C=O) groups excluding carboxylic acids is 3. The van der Waals surface area contributed by atoms with Gasteiger partial charge in [0.1, 0.15) is 5.82 Å². The first-order valence-corrected chi connectivity index (χ1v) is 8.37. The van der Waals surface area contributed by atoms with Gasteiger partial charge in [0.25, 0.3) is 0 Å². The third kappa shape index (κ3) is 4.53. The molecule has 0 spiro atoms. The molecule has 0 saturated heterocycles. The number of aryl methyl sites for hydroxylation is 2. The maximum atomic E-state index is 12.8. The Kier molecular flexibility index (Phi) is 5.41. The molecule has 2 aromatic rings. The van der Waals surface area contributed by atoms with E-state index in [2.05, 4.69) is 5.32 Å². The van der Waals surface area contributed by atoms with E-state index in [1.54, 1.807) is 30.3 Å². The summed E-state index contributed by atoms with van der Waals surface area (Å²) in [5.41, 5.74) is 2.89. The van der Waals surface area contributed by atoms with Crippen LogP contribution in [0.5, 0.6) is 0 Å². The predicted octanol–water partition coefficient (Wildman–Crippen LogP) is 3.07. The standard InChI is InChI=1S/C20H18FNO4/c21-16-6-1-13(2-7-16)3-10-20(25)26-12-18(23)15-4-8-17-14(11-15)5-9-19(24)22-17/h1-2,4,6-8,11H,3,5,9-10,12H2,(H,22,24). The largest absolute Gasteiger partial charge is 0.457 e. The Balaban J connectivity index is 1.49. The van der Waals surface area contributed by atoms with E-state index in [-0.39, 0.29) is 30.5 Å². The Hall–Kier alpha value is -3.02. The van der Waals surface area contributed by atoms with Crippen LogP contribution in [-0.2, 0) is 27.2 Å². The van der Waals surface area contributed by atoms with E-state index in [0.717, 1.165) is 11.1 Å². The Morgan fingerprint density at radius 3 is 2.62 bits per heavy atom. The molecule has 0 saturated carbocycles. The summed E-state index contributed by atoms with van der Waals surface area (Å²) >= 11 is 0. The van der Waals surface area contributed by atoms with Gasteiger partial charge in [0, 0.05) is 24.1 Å². The minimum atomic E-state index is -0.479. The Morgan fingerprint density at radius 1 is 1.08 bits per heavy atom. The molecule has 1 N–H and O–H groups in total. The molecular formula is C20H18FNO4. The fraction of sp³-hybridized carbons (Fsp3) is 0.250. The SMILES string of the molecule is O=C1CCc2cc(C(=O)COC(=O)CCc3ccc(F)cc3)ccc2N1. The van der Waals surface area contributed by atoms with Crippen molar-refractivity contribution < 1.29 is 23.5 Å². The van der Waals surface area contributed by atoms with E-state index in [9.17, 15) is 18.8 Å². The molecule has 3 rings (SSSR count). The number of carbonyl (C=O) groups is 3. The second-order valence-corrected chi connectivity index (χ2v) is 6.13. The van der Waals surface area contributed by atoms with Gasteiger partial charge >= 0.3 is 5.97 Å². The highest BCUT2D eigenvalue weighted by atomic mass is 19.1. The van der Waals surface area contributed by atoms with Gasteiger partial charge in [0.05, 0.1) is 0 Å². The summed E-state index contributed by atoms with van der Waals surface area (Å²) < 4.78 is 17.9. The van der Waals surface area contributed by atoms with Crippen LogP contribution in [0.4, 0.5) is 10.1 Å². The second kappa shape index (κ2) is 7.91. The molecule has 1 aliphatic rings. The van der Waals surface area contributed by atoms with Crippen LogP contribution in [0.3, 0.4) is 0 Å². The Bertz CT molecular complexity index is 845.